The molecule has 4 fully saturated rings. The minimum Gasteiger partial charge on any atom is -0.453 e. The lowest BCUT2D eigenvalue weighted by molar-refractivity contribution is -0.356. The number of amides is 2. The van der Waals surface area contributed by atoms with Crippen molar-refractivity contribution in [2.75, 3.05) is 13.2 Å². The van der Waals surface area contributed by atoms with E-state index in [1.165, 1.54) is 26.0 Å². The molecule has 14 heteroatoms. The Kier molecular flexibility index (Phi) is 10.7. The maximum atomic E-state index is 15.1. The van der Waals surface area contributed by atoms with Gasteiger partial charge in [-0.2, -0.15) is 0 Å². The van der Waals surface area contributed by atoms with Crippen molar-refractivity contribution in [2.24, 2.45) is 16.7 Å². The molecule has 0 aromatic heterocycles. The summed E-state index contributed by atoms with van der Waals surface area (Å²) in [5.74, 6) is -7.36. The van der Waals surface area contributed by atoms with Crippen LogP contribution in [0.15, 0.2) is 102 Å². The highest BCUT2D eigenvalue weighted by Gasteiger charge is 2.80. The first-order chi connectivity index (χ1) is 27.5. The van der Waals surface area contributed by atoms with Crippen molar-refractivity contribution in [1.82, 2.24) is 10.6 Å². The second-order valence-electron chi connectivity index (χ2n) is 16.3. The first-order valence-corrected chi connectivity index (χ1v) is 19.2. The molecule has 0 spiro atoms. The number of fused-ring (bicyclic) bond motifs is 5. The molecule has 3 saturated heterocycles. The number of carbonyl (C=O) groups excluding carboxylic acids is 5. The van der Waals surface area contributed by atoms with Crippen molar-refractivity contribution in [1.29, 1.82) is 0 Å². The number of hydrogen-bond acceptors (Lipinski definition) is 12. The summed E-state index contributed by atoms with van der Waals surface area (Å²) in [6.07, 6.45) is -7.38. The molecule has 3 aromatic rings. The number of benzene rings is 3. The molecule has 5 N–H and O–H groups in total. The van der Waals surface area contributed by atoms with Gasteiger partial charge in [0.05, 0.1) is 35.6 Å². The van der Waals surface area contributed by atoms with E-state index < -0.39 is 94.2 Å². The van der Waals surface area contributed by atoms with E-state index in [1.54, 1.807) is 99.6 Å². The molecular weight excluding hydrogens is 748 g/mol. The van der Waals surface area contributed by atoms with E-state index in [9.17, 15) is 34.5 Å². The summed E-state index contributed by atoms with van der Waals surface area (Å²) < 4.78 is 24.4. The quantitative estimate of drug-likeness (QED) is 0.148. The molecule has 3 aromatic carbocycles. The van der Waals surface area contributed by atoms with Gasteiger partial charge in [-0.3, -0.25) is 19.2 Å². The van der Waals surface area contributed by atoms with Crippen molar-refractivity contribution in [3.8, 4) is 0 Å². The lowest BCUT2D eigenvalue weighted by Gasteiger charge is -2.63. The molecule has 14 nitrogen and oxygen atoms in total. The Morgan fingerprint density at radius 2 is 1.48 bits per heavy atom. The van der Waals surface area contributed by atoms with Crippen LogP contribution in [0.5, 0.6) is 0 Å². The van der Waals surface area contributed by atoms with E-state index >= 15 is 4.79 Å². The van der Waals surface area contributed by atoms with Gasteiger partial charge < -0.3 is 44.9 Å². The molecular formula is C44H48N2O12. The van der Waals surface area contributed by atoms with Gasteiger partial charge in [-0.15, -0.1) is 0 Å². The molecule has 1 saturated carbocycles. The van der Waals surface area contributed by atoms with E-state index in [4.69, 9.17) is 18.9 Å². The molecule has 3 heterocycles. The fourth-order valence-corrected chi connectivity index (χ4v) is 9.47. The van der Waals surface area contributed by atoms with Crippen LogP contribution in [0.25, 0.3) is 0 Å². The topological polar surface area (TPSA) is 207 Å². The minimum atomic E-state index is -2.47. The molecule has 3 aliphatic heterocycles. The number of carbonyl (C=O) groups is 5. The molecule has 4 aliphatic rings. The molecule has 0 radical (unpaired) electrons. The van der Waals surface area contributed by atoms with Crippen LogP contribution >= 0.6 is 0 Å². The van der Waals surface area contributed by atoms with E-state index in [-0.39, 0.29) is 30.7 Å². The number of rotatable bonds is 10. The summed E-state index contributed by atoms with van der Waals surface area (Å²) in [6.45, 7) is 7.11. The predicted octanol–water partition coefficient (Wildman–Crippen LogP) is 2.96. The molecule has 2 amide bonds. The van der Waals surface area contributed by atoms with Crippen LogP contribution in [0.2, 0.25) is 0 Å². The Bertz CT molecular complexity index is 2130. The fourth-order valence-electron chi connectivity index (χ4n) is 9.47. The third-order valence-corrected chi connectivity index (χ3v) is 12.6. The second-order valence-corrected chi connectivity index (χ2v) is 16.3. The Balaban J connectivity index is 1.24. The van der Waals surface area contributed by atoms with Gasteiger partial charge in [0.1, 0.15) is 12.2 Å². The molecule has 306 valence electrons. The molecule has 7 rings (SSSR count). The van der Waals surface area contributed by atoms with Crippen LogP contribution < -0.4 is 10.6 Å². The van der Waals surface area contributed by atoms with Gasteiger partial charge in [0.2, 0.25) is 5.79 Å². The Morgan fingerprint density at radius 1 is 0.897 bits per heavy atom. The number of hydrogen-bond donors (Lipinski definition) is 5. The van der Waals surface area contributed by atoms with Crippen molar-refractivity contribution in [3.63, 3.8) is 0 Å². The number of aliphatic hydroxyl groups excluding tert-OH is 2. The van der Waals surface area contributed by atoms with Crippen molar-refractivity contribution < 1.29 is 58.2 Å². The van der Waals surface area contributed by atoms with Crippen LogP contribution in [0.1, 0.15) is 73.4 Å². The van der Waals surface area contributed by atoms with Gasteiger partial charge in [0.25, 0.3) is 11.8 Å². The average molecular weight is 797 g/mol. The maximum absolute atomic E-state index is 15.1. The normalized spacial score (nSPS) is 32.5. The van der Waals surface area contributed by atoms with Crippen LogP contribution in [-0.2, 0) is 33.3 Å². The largest absolute Gasteiger partial charge is 0.453 e. The summed E-state index contributed by atoms with van der Waals surface area (Å²) in [5, 5.41) is 41.7. The number of esters is 2. The Morgan fingerprint density at radius 3 is 2.05 bits per heavy atom. The smallest absolute Gasteiger partial charge is 0.338 e. The highest BCUT2D eigenvalue weighted by Crippen LogP contribution is 2.65. The first-order valence-electron chi connectivity index (χ1n) is 19.2. The monoisotopic (exact) mass is 796 g/mol. The summed E-state index contributed by atoms with van der Waals surface area (Å²) >= 11 is 0. The van der Waals surface area contributed by atoms with E-state index in [0.29, 0.717) is 16.7 Å². The van der Waals surface area contributed by atoms with Gasteiger partial charge in [-0.25, -0.2) is 4.79 Å². The SMILES string of the molecule is CC(=O)O[C@@]12CO[C@@H]1C[C@H](O)[C@@]1(C)C(=O)[C@@H]3O[C@](O)([C@@H](OC(=O)c4ccccc4)C12)C(C)(C)/C3=C(\C)CNC(=O)[C@H](O)[C@@H](NC(=O)c1ccccc1)c1ccccc1. The number of nitrogens with one attached hydrogen (secondary N) is 2. The lowest BCUT2D eigenvalue weighted by atomic mass is 9.49. The average Bonchev–Trinajstić information content (AvgIpc) is 3.39. The molecule has 10 atom stereocenters. The van der Waals surface area contributed by atoms with Gasteiger partial charge in [0, 0.05) is 30.9 Å². The number of aliphatic hydroxyl groups is 3. The summed E-state index contributed by atoms with van der Waals surface area (Å²) in [5.41, 5.74) is -3.35. The minimum absolute atomic E-state index is 0.102. The van der Waals surface area contributed by atoms with Gasteiger partial charge >= 0.3 is 11.9 Å². The Hall–Kier alpha value is -5.25. The zero-order valence-electron chi connectivity index (χ0n) is 32.8. The third kappa shape index (κ3) is 6.52. The van der Waals surface area contributed by atoms with Crippen LogP contribution in [-0.4, -0.2) is 99.9 Å². The fraction of sp³-hybridized carbons (Fsp3) is 0.432. The molecule has 58 heavy (non-hydrogen) atoms. The highest BCUT2D eigenvalue weighted by molar-refractivity contribution is 5.96. The predicted molar refractivity (Wildman–Crippen MR) is 206 cm³/mol. The first kappa shape index (κ1) is 40.9. The molecule has 2 bridgehead atoms. The second kappa shape index (κ2) is 15.2. The van der Waals surface area contributed by atoms with E-state index in [0.717, 1.165) is 0 Å². The number of ketones is 1. The van der Waals surface area contributed by atoms with E-state index in [1.807, 2.05) is 0 Å². The maximum Gasteiger partial charge on any atom is 0.338 e. The van der Waals surface area contributed by atoms with Crippen LogP contribution in [0.3, 0.4) is 0 Å². The number of ether oxygens (including phenoxy) is 4. The molecule has 1 unspecified atom stereocenters. The lowest BCUT2D eigenvalue weighted by Crippen LogP contribution is -2.79. The molecule has 1 aliphatic carbocycles. The van der Waals surface area contributed by atoms with Crippen LogP contribution in [0, 0.1) is 16.7 Å². The zero-order valence-corrected chi connectivity index (χ0v) is 32.8. The third-order valence-electron chi connectivity index (χ3n) is 12.6. The summed E-state index contributed by atoms with van der Waals surface area (Å²) in [7, 11) is 0. The zero-order chi connectivity index (χ0) is 41.8. The van der Waals surface area contributed by atoms with Gasteiger partial charge in [-0.1, -0.05) is 86.2 Å². The van der Waals surface area contributed by atoms with Gasteiger partial charge in [0.15, 0.2) is 23.6 Å². The van der Waals surface area contributed by atoms with Crippen molar-refractivity contribution in [2.45, 2.75) is 89.0 Å². The van der Waals surface area contributed by atoms with Gasteiger partial charge in [-0.05, 0) is 49.2 Å². The number of Topliss-reactive ketones (excluding diaryl/α,β-unsaturated/α-hetero) is 1. The van der Waals surface area contributed by atoms with Crippen molar-refractivity contribution >= 4 is 29.5 Å². The van der Waals surface area contributed by atoms with E-state index in [2.05, 4.69) is 10.6 Å². The highest BCUT2D eigenvalue weighted by atomic mass is 16.7. The van der Waals surface area contributed by atoms with Crippen molar-refractivity contribution in [3.05, 3.63) is 119 Å². The standard InChI is InChI=1S/C44H48N2O12/c1-24(22-45-39(52)33(49)32(26-15-9-6-10-16-26)46-38(51)27-17-11-7-12-18-27)31-34-36(50)42(5)29(48)21-30-43(23-55-30,57-25(2)47)35(42)37(44(54,58-34)41(31,3)4)56-40(53)28-19-13-8-14-20-28/h6-20,29-30,32-35,37,48-49,54H,21-23H2,1-5H3,(H,45,52)(H,46,51)/b31-24+/t29-,30+,32-,33+,34+,35?,37-,42+,43-,44+/m0/s1. The van der Waals surface area contributed by atoms with Crippen LogP contribution in [0.4, 0.5) is 0 Å². The Labute approximate surface area is 335 Å². The summed E-state index contributed by atoms with van der Waals surface area (Å²) in [6, 6.07) is 23.8. The summed E-state index contributed by atoms with van der Waals surface area (Å²) in [4.78, 5) is 68.6.